The quantitative estimate of drug-likeness (QED) is 0.359. The van der Waals surface area contributed by atoms with Gasteiger partial charge < -0.3 is 4.74 Å². The lowest BCUT2D eigenvalue weighted by molar-refractivity contribution is -0.00969. The third-order valence-electron chi connectivity index (χ3n) is 8.80. The molecule has 31 heavy (non-hydrogen) atoms. The Balaban J connectivity index is 1.33. The second-order valence-electron chi connectivity index (χ2n) is 10.8. The predicted octanol–water partition coefficient (Wildman–Crippen LogP) is 8.38. The van der Waals surface area contributed by atoms with Gasteiger partial charge in [0.15, 0.2) is 0 Å². The number of fused-ring (bicyclic) bond motifs is 2. The van der Waals surface area contributed by atoms with Gasteiger partial charge in [0.2, 0.25) is 0 Å². The molecule has 4 rings (SSSR count). The first-order valence-electron chi connectivity index (χ1n) is 13.6. The zero-order valence-corrected chi connectivity index (χ0v) is 20.1. The predicted molar refractivity (Wildman–Crippen MR) is 128 cm³/mol. The van der Waals surface area contributed by atoms with E-state index in [0.717, 1.165) is 54.7 Å². The van der Waals surface area contributed by atoms with E-state index in [0.29, 0.717) is 12.0 Å². The van der Waals surface area contributed by atoms with E-state index in [1.165, 1.54) is 82.6 Å². The molecule has 0 amide bonds. The van der Waals surface area contributed by atoms with Gasteiger partial charge in [-0.15, -0.1) is 0 Å². The highest BCUT2D eigenvalue weighted by atomic mass is 19.1. The normalized spacial score (nSPS) is 30.6. The van der Waals surface area contributed by atoms with Crippen molar-refractivity contribution in [2.45, 2.75) is 122 Å². The summed E-state index contributed by atoms with van der Waals surface area (Å²) in [6, 6.07) is 4.48. The first kappa shape index (κ1) is 23.3. The molecule has 1 nitrogen and oxygen atoms in total. The summed E-state index contributed by atoms with van der Waals surface area (Å²) in [6.45, 7) is 5.22. The minimum atomic E-state index is 0.172. The Bertz CT molecular complexity index is 698. The van der Waals surface area contributed by atoms with Crippen LogP contribution in [0.25, 0.3) is 0 Å². The lowest BCUT2D eigenvalue weighted by Gasteiger charge is -2.42. The maximum absolute atomic E-state index is 15.6. The van der Waals surface area contributed by atoms with E-state index in [1.807, 2.05) is 0 Å². The van der Waals surface area contributed by atoms with Crippen molar-refractivity contribution in [3.8, 4) is 0 Å². The molecule has 2 heteroatoms. The van der Waals surface area contributed by atoms with Crippen LogP contribution in [0.2, 0.25) is 0 Å². The summed E-state index contributed by atoms with van der Waals surface area (Å²) < 4.78 is 21.5. The van der Waals surface area contributed by atoms with E-state index in [1.54, 1.807) is 0 Å². The highest BCUT2D eigenvalue weighted by molar-refractivity contribution is 5.38. The van der Waals surface area contributed by atoms with E-state index in [4.69, 9.17) is 4.74 Å². The highest BCUT2D eigenvalue weighted by Crippen LogP contribution is 2.47. The second kappa shape index (κ2) is 11.3. The van der Waals surface area contributed by atoms with Gasteiger partial charge >= 0.3 is 0 Å². The third kappa shape index (κ3) is 5.73. The molecule has 5 unspecified atom stereocenters. The van der Waals surface area contributed by atoms with Crippen LogP contribution in [0.1, 0.15) is 120 Å². The molecule has 1 aromatic carbocycles. The van der Waals surface area contributed by atoms with Gasteiger partial charge in [-0.2, -0.15) is 0 Å². The SMILES string of the molecule is CCCCCCCC1CCc2c(ccc(C3CCC4CC(OCC)CCC4C3)c2F)C1. The first-order valence-corrected chi connectivity index (χ1v) is 13.6. The summed E-state index contributed by atoms with van der Waals surface area (Å²) in [6.07, 6.45) is 19.2. The van der Waals surface area contributed by atoms with Crippen molar-refractivity contribution in [3.05, 3.63) is 34.6 Å². The Morgan fingerprint density at radius 2 is 1.71 bits per heavy atom. The summed E-state index contributed by atoms with van der Waals surface area (Å²) in [4.78, 5) is 0. The van der Waals surface area contributed by atoms with E-state index in [-0.39, 0.29) is 5.82 Å². The molecular formula is C29H45FO. The van der Waals surface area contributed by atoms with Gasteiger partial charge in [-0.25, -0.2) is 4.39 Å². The van der Waals surface area contributed by atoms with Crippen molar-refractivity contribution < 1.29 is 9.13 Å². The number of unbranched alkanes of at least 4 members (excludes halogenated alkanes) is 4. The molecule has 1 aromatic rings. The van der Waals surface area contributed by atoms with Gasteiger partial charge in [-0.1, -0.05) is 57.6 Å². The molecule has 0 radical (unpaired) electrons. The fourth-order valence-corrected chi connectivity index (χ4v) is 7.02. The largest absolute Gasteiger partial charge is 0.378 e. The number of rotatable bonds is 9. The minimum absolute atomic E-state index is 0.172. The topological polar surface area (TPSA) is 9.23 Å². The smallest absolute Gasteiger partial charge is 0.130 e. The van der Waals surface area contributed by atoms with Crippen LogP contribution in [0.15, 0.2) is 12.1 Å². The van der Waals surface area contributed by atoms with Gasteiger partial charge in [0.25, 0.3) is 0 Å². The van der Waals surface area contributed by atoms with Crippen molar-refractivity contribution in [2.24, 2.45) is 17.8 Å². The monoisotopic (exact) mass is 428 g/mol. The number of ether oxygens (including phenoxy) is 1. The van der Waals surface area contributed by atoms with Crippen LogP contribution in [0.5, 0.6) is 0 Å². The number of hydrogen-bond donors (Lipinski definition) is 0. The summed E-state index contributed by atoms with van der Waals surface area (Å²) >= 11 is 0. The fraction of sp³-hybridized carbons (Fsp3) is 0.793. The Morgan fingerprint density at radius 1 is 0.903 bits per heavy atom. The van der Waals surface area contributed by atoms with Crippen LogP contribution in [0, 0.1) is 23.6 Å². The minimum Gasteiger partial charge on any atom is -0.378 e. The van der Waals surface area contributed by atoms with Gasteiger partial charge in [-0.3, -0.25) is 0 Å². The molecule has 174 valence electrons. The second-order valence-corrected chi connectivity index (χ2v) is 10.8. The van der Waals surface area contributed by atoms with Gasteiger partial charge in [0, 0.05) is 6.61 Å². The van der Waals surface area contributed by atoms with Crippen LogP contribution in [0.3, 0.4) is 0 Å². The average molecular weight is 429 g/mol. The standard InChI is InChI=1S/C29H45FO/c1-3-5-6-7-8-9-21-10-16-27-24(18-21)14-17-28(29(27)30)25-12-11-23-20-26(31-4-2)15-13-22(23)19-25/h14,17,21-23,25-26H,3-13,15-16,18-20H2,1-2H3. The maximum Gasteiger partial charge on any atom is 0.130 e. The lowest BCUT2D eigenvalue weighted by atomic mass is 9.65. The van der Waals surface area contributed by atoms with E-state index in [9.17, 15) is 0 Å². The van der Waals surface area contributed by atoms with Crippen molar-refractivity contribution in [1.29, 1.82) is 0 Å². The number of halogens is 1. The molecule has 0 aromatic heterocycles. The summed E-state index contributed by atoms with van der Waals surface area (Å²) in [5, 5.41) is 0. The lowest BCUT2D eigenvalue weighted by Crippen LogP contribution is -2.34. The summed E-state index contributed by atoms with van der Waals surface area (Å²) in [5.74, 6) is 2.97. The van der Waals surface area contributed by atoms with Crippen molar-refractivity contribution >= 4 is 0 Å². The molecule has 5 atom stereocenters. The van der Waals surface area contributed by atoms with Gasteiger partial charge in [0.1, 0.15) is 5.82 Å². The van der Waals surface area contributed by atoms with Crippen molar-refractivity contribution in [3.63, 3.8) is 0 Å². The van der Waals surface area contributed by atoms with E-state index < -0.39 is 0 Å². The van der Waals surface area contributed by atoms with Crippen LogP contribution in [0.4, 0.5) is 4.39 Å². The first-order chi connectivity index (χ1) is 15.2. The molecule has 2 fully saturated rings. The molecular weight excluding hydrogens is 383 g/mol. The van der Waals surface area contributed by atoms with Gasteiger partial charge in [0.05, 0.1) is 6.10 Å². The van der Waals surface area contributed by atoms with Crippen LogP contribution in [-0.4, -0.2) is 12.7 Å². The van der Waals surface area contributed by atoms with Crippen molar-refractivity contribution in [2.75, 3.05) is 6.61 Å². The summed E-state index contributed by atoms with van der Waals surface area (Å²) in [7, 11) is 0. The Kier molecular flexibility index (Phi) is 8.49. The number of hydrogen-bond acceptors (Lipinski definition) is 1. The Hall–Kier alpha value is -0.890. The van der Waals surface area contributed by atoms with Gasteiger partial charge in [-0.05, 0) is 105 Å². The molecule has 2 saturated carbocycles. The number of benzene rings is 1. The third-order valence-corrected chi connectivity index (χ3v) is 8.80. The zero-order valence-electron chi connectivity index (χ0n) is 20.1. The highest BCUT2D eigenvalue weighted by Gasteiger charge is 2.37. The molecule has 0 saturated heterocycles. The molecule has 0 heterocycles. The Labute approximate surface area is 190 Å². The molecule has 3 aliphatic rings. The van der Waals surface area contributed by atoms with E-state index in [2.05, 4.69) is 26.0 Å². The molecule has 3 aliphatic carbocycles. The summed E-state index contributed by atoms with van der Waals surface area (Å²) in [5.41, 5.74) is 3.43. The molecule has 0 aliphatic heterocycles. The van der Waals surface area contributed by atoms with Crippen molar-refractivity contribution in [1.82, 2.24) is 0 Å². The van der Waals surface area contributed by atoms with E-state index >= 15 is 4.39 Å². The van der Waals surface area contributed by atoms with Crippen LogP contribution >= 0.6 is 0 Å². The molecule has 0 N–H and O–H groups in total. The molecule has 0 bridgehead atoms. The molecule has 0 spiro atoms. The average Bonchev–Trinajstić information content (AvgIpc) is 2.79. The fourth-order valence-electron chi connectivity index (χ4n) is 7.02. The van der Waals surface area contributed by atoms with Crippen LogP contribution in [-0.2, 0) is 17.6 Å². The maximum atomic E-state index is 15.6. The zero-order chi connectivity index (χ0) is 21.6. The Morgan fingerprint density at radius 3 is 2.55 bits per heavy atom. The van der Waals surface area contributed by atoms with Crippen LogP contribution < -0.4 is 0 Å².